The molecule has 0 bridgehead atoms. The van der Waals surface area contributed by atoms with Crippen LogP contribution in [0, 0.1) is 0 Å². The Hall–Kier alpha value is 0.620. The fraction of sp³-hybridized carbons (Fsp3) is 0.385. The van der Waals surface area contributed by atoms with Crippen molar-refractivity contribution in [1.82, 2.24) is 0 Å². The molecular weight excluding hydrogens is 401 g/mol. The lowest BCUT2D eigenvalue weighted by Gasteiger charge is -2.52. The Balaban J connectivity index is 2.63. The molecule has 0 saturated heterocycles. The highest BCUT2D eigenvalue weighted by Crippen LogP contribution is 2.62. The summed E-state index contributed by atoms with van der Waals surface area (Å²) in [7, 11) is 0. The maximum Gasteiger partial charge on any atom is 0.216 e. The summed E-state index contributed by atoms with van der Waals surface area (Å²) < 4.78 is -4.13. The van der Waals surface area contributed by atoms with Crippen LogP contribution in [-0.4, -0.2) is 29.1 Å². The Morgan fingerprint density at radius 1 is 0.952 bits per heavy atom. The van der Waals surface area contributed by atoms with Crippen molar-refractivity contribution in [3.05, 3.63) is 48.0 Å². The van der Waals surface area contributed by atoms with Gasteiger partial charge in [-0.05, 0) is 0 Å². The van der Waals surface area contributed by atoms with E-state index in [2.05, 4.69) is 0 Å². The third kappa shape index (κ3) is 2.49. The molecular formula is C13H10Cl6O2. The van der Waals surface area contributed by atoms with Crippen LogP contribution in [0.3, 0.4) is 0 Å². The van der Waals surface area contributed by atoms with Gasteiger partial charge in [0.1, 0.15) is 0 Å². The Morgan fingerprint density at radius 3 is 2.00 bits per heavy atom. The van der Waals surface area contributed by atoms with Crippen LogP contribution in [-0.2, 0) is 5.79 Å². The Labute approximate surface area is 152 Å². The van der Waals surface area contributed by atoms with Gasteiger partial charge in [-0.25, -0.2) is 0 Å². The quantitative estimate of drug-likeness (QED) is 0.433. The largest absolute Gasteiger partial charge is 0.360 e. The number of benzene rings is 1. The number of rotatable bonds is 2. The summed E-state index contributed by atoms with van der Waals surface area (Å²) in [5, 5.41) is 20.2. The van der Waals surface area contributed by atoms with E-state index in [1.807, 2.05) is 0 Å². The summed E-state index contributed by atoms with van der Waals surface area (Å²) in [6, 6.07) is 7.82. The van der Waals surface area contributed by atoms with Crippen LogP contribution < -0.4 is 0 Å². The van der Waals surface area contributed by atoms with Gasteiger partial charge in [-0.3, -0.25) is 0 Å². The van der Waals surface area contributed by atoms with Gasteiger partial charge >= 0.3 is 0 Å². The van der Waals surface area contributed by atoms with Crippen LogP contribution in [0.25, 0.3) is 0 Å². The smallest absolute Gasteiger partial charge is 0.216 e. The molecule has 2 rings (SSSR count). The monoisotopic (exact) mass is 408 g/mol. The molecule has 2 N–H and O–H groups in total. The van der Waals surface area contributed by atoms with Gasteiger partial charge in [0.05, 0.1) is 5.38 Å². The molecule has 1 aliphatic rings. The summed E-state index contributed by atoms with van der Waals surface area (Å²) in [5.41, 5.74) is 0.0764. The van der Waals surface area contributed by atoms with Gasteiger partial charge in [-0.15, -0.1) is 23.2 Å². The maximum absolute atomic E-state index is 10.6. The molecule has 0 radical (unpaired) electrons. The van der Waals surface area contributed by atoms with Crippen molar-refractivity contribution in [2.24, 2.45) is 0 Å². The molecule has 2 atom stereocenters. The normalized spacial score (nSPS) is 31.1. The minimum absolute atomic E-state index is 0.0764. The average Bonchev–Trinajstić information content (AvgIpc) is 2.43. The second-order valence-corrected chi connectivity index (χ2v) is 8.49. The van der Waals surface area contributed by atoms with Gasteiger partial charge in [0.15, 0.2) is 13.5 Å². The van der Waals surface area contributed by atoms with Crippen molar-refractivity contribution < 1.29 is 10.2 Å². The number of hydrogen-bond acceptors (Lipinski definition) is 2. The maximum atomic E-state index is 10.6. The second-order valence-electron chi connectivity index (χ2n) is 4.71. The van der Waals surface area contributed by atoms with Gasteiger partial charge in [0.2, 0.25) is 5.79 Å². The van der Waals surface area contributed by atoms with Gasteiger partial charge in [0.25, 0.3) is 0 Å². The topological polar surface area (TPSA) is 40.5 Å². The summed E-state index contributed by atoms with van der Waals surface area (Å²) in [6.45, 7) is 0. The molecule has 0 amide bonds. The van der Waals surface area contributed by atoms with Crippen molar-refractivity contribution in [3.8, 4) is 0 Å². The van der Waals surface area contributed by atoms with Crippen LogP contribution in [0.15, 0.2) is 42.5 Å². The molecule has 1 aliphatic carbocycles. The fourth-order valence-electron chi connectivity index (χ4n) is 2.07. The van der Waals surface area contributed by atoms with Crippen molar-refractivity contribution in [2.75, 3.05) is 0 Å². The van der Waals surface area contributed by atoms with E-state index in [9.17, 15) is 10.2 Å². The Kier molecular flexibility index (Phi) is 4.80. The Bertz CT molecular complexity index is 557. The van der Waals surface area contributed by atoms with E-state index in [1.165, 1.54) is 24.3 Å². The van der Waals surface area contributed by atoms with Crippen LogP contribution in [0.4, 0.5) is 0 Å². The minimum atomic E-state index is -2.64. The van der Waals surface area contributed by atoms with Crippen LogP contribution in [0.5, 0.6) is 0 Å². The number of alkyl halides is 6. The Morgan fingerprint density at radius 2 is 1.48 bits per heavy atom. The summed E-state index contributed by atoms with van der Waals surface area (Å²) >= 11 is 37.0. The average molecular weight is 411 g/mol. The lowest BCUT2D eigenvalue weighted by Crippen LogP contribution is -2.66. The first kappa shape index (κ1) is 18.0. The summed E-state index contributed by atoms with van der Waals surface area (Å²) in [6.07, 6.45) is 2.52. The molecule has 1 aromatic carbocycles. The van der Waals surface area contributed by atoms with E-state index in [0.717, 1.165) is 0 Å². The first-order valence-electron chi connectivity index (χ1n) is 5.77. The number of aliphatic hydroxyl groups is 2. The van der Waals surface area contributed by atoms with E-state index in [4.69, 9.17) is 69.6 Å². The molecule has 0 fully saturated rings. The third-order valence-corrected chi connectivity index (χ3v) is 7.58. The van der Waals surface area contributed by atoms with Gasteiger partial charge in [0, 0.05) is 5.56 Å². The first-order chi connectivity index (χ1) is 9.48. The molecule has 0 spiro atoms. The summed E-state index contributed by atoms with van der Waals surface area (Å²) in [5.74, 6) is -2.64. The molecule has 1 aromatic rings. The van der Waals surface area contributed by atoms with E-state index in [0.29, 0.717) is 0 Å². The van der Waals surface area contributed by atoms with Crippen molar-refractivity contribution >= 4 is 69.6 Å². The van der Waals surface area contributed by atoms with Crippen molar-refractivity contribution in [1.29, 1.82) is 0 Å². The molecule has 8 heteroatoms. The molecule has 0 saturated carbocycles. The van der Waals surface area contributed by atoms with Crippen LogP contribution >= 0.6 is 69.6 Å². The number of allylic oxidation sites excluding steroid dienone is 1. The highest BCUT2D eigenvalue weighted by molar-refractivity contribution is 6.67. The zero-order chi connectivity index (χ0) is 16.1. The highest BCUT2D eigenvalue weighted by atomic mass is 35.5. The van der Waals surface area contributed by atoms with E-state index >= 15 is 0 Å². The predicted molar refractivity (Wildman–Crippen MR) is 88.8 cm³/mol. The lowest BCUT2D eigenvalue weighted by atomic mass is 9.82. The molecule has 0 aliphatic heterocycles. The molecule has 0 heterocycles. The second kappa shape index (κ2) is 5.61. The SMILES string of the molecule is OC(O)(c1ccccc1)C1(Cl)C=CC(Cl)C(Cl)(Cl)C1(Cl)Cl. The zero-order valence-electron chi connectivity index (χ0n) is 10.3. The molecule has 2 unspecified atom stereocenters. The van der Waals surface area contributed by atoms with Crippen LogP contribution in [0.1, 0.15) is 5.56 Å². The zero-order valence-corrected chi connectivity index (χ0v) is 14.8. The standard InChI is InChI=1S/C13H10Cl6O2/c14-9-6-7-10(15,13(18,19)11(9,16)17)12(20,21)8-4-2-1-3-5-8/h1-7,9,20-21H. The molecule has 116 valence electrons. The van der Waals surface area contributed by atoms with Gasteiger partial charge < -0.3 is 10.2 Å². The minimum Gasteiger partial charge on any atom is -0.360 e. The van der Waals surface area contributed by atoms with Gasteiger partial charge in [-0.2, -0.15) is 0 Å². The van der Waals surface area contributed by atoms with E-state index in [1.54, 1.807) is 18.2 Å². The van der Waals surface area contributed by atoms with E-state index in [-0.39, 0.29) is 5.56 Å². The number of halogens is 6. The van der Waals surface area contributed by atoms with Crippen molar-refractivity contribution in [3.63, 3.8) is 0 Å². The van der Waals surface area contributed by atoms with Crippen LogP contribution in [0.2, 0.25) is 0 Å². The number of hydrogen-bond donors (Lipinski definition) is 2. The van der Waals surface area contributed by atoms with Crippen molar-refractivity contribution in [2.45, 2.75) is 24.7 Å². The third-order valence-electron chi connectivity index (χ3n) is 3.40. The van der Waals surface area contributed by atoms with Gasteiger partial charge in [-0.1, -0.05) is 88.9 Å². The highest BCUT2D eigenvalue weighted by Gasteiger charge is 2.71. The van der Waals surface area contributed by atoms with E-state index < -0.39 is 24.7 Å². The fourth-order valence-corrected chi connectivity index (χ4v) is 3.92. The molecule has 21 heavy (non-hydrogen) atoms. The lowest BCUT2D eigenvalue weighted by molar-refractivity contribution is -0.192. The first-order valence-corrected chi connectivity index (χ1v) is 8.09. The summed E-state index contributed by atoms with van der Waals surface area (Å²) in [4.78, 5) is -2.13. The molecule has 0 aromatic heterocycles. The predicted octanol–water partition coefficient (Wildman–Crippen LogP) is 4.33. The molecule has 2 nitrogen and oxygen atoms in total.